The summed E-state index contributed by atoms with van der Waals surface area (Å²) in [6.45, 7) is 0. The van der Waals surface area contributed by atoms with E-state index in [0.717, 1.165) is 4.47 Å². The van der Waals surface area contributed by atoms with Gasteiger partial charge in [-0.05, 0) is 41.5 Å². The van der Waals surface area contributed by atoms with Gasteiger partial charge in [-0.1, -0.05) is 58.4 Å². The molecule has 0 spiro atoms. The lowest BCUT2D eigenvalue weighted by atomic mass is 9.93. The largest absolute Gasteiger partial charge is 0.126 e. The van der Waals surface area contributed by atoms with Crippen LogP contribution in [-0.4, -0.2) is 5.88 Å². The number of halogens is 2. The molecule has 2 aromatic carbocycles. The van der Waals surface area contributed by atoms with Crippen molar-refractivity contribution in [2.24, 2.45) is 5.92 Å². The predicted molar refractivity (Wildman–Crippen MR) is 84.9 cm³/mol. The fraction of sp³-hybridized carbons (Fsp3) is 0.294. The monoisotopic (exact) mass is 334 g/mol. The maximum atomic E-state index is 6.22. The van der Waals surface area contributed by atoms with Gasteiger partial charge in [0.1, 0.15) is 0 Å². The Morgan fingerprint density at radius 1 is 1.05 bits per heavy atom. The third kappa shape index (κ3) is 2.88. The molecule has 1 saturated carbocycles. The number of hydrogen-bond donors (Lipinski definition) is 0. The van der Waals surface area contributed by atoms with Crippen molar-refractivity contribution in [2.45, 2.75) is 18.3 Å². The lowest BCUT2D eigenvalue weighted by Crippen LogP contribution is -2.04. The van der Waals surface area contributed by atoms with Crippen molar-refractivity contribution < 1.29 is 0 Å². The molecule has 0 radical (unpaired) electrons. The Labute approximate surface area is 127 Å². The van der Waals surface area contributed by atoms with Gasteiger partial charge in [-0.25, -0.2) is 0 Å². The fourth-order valence-electron chi connectivity index (χ4n) is 2.90. The molecule has 0 aromatic heterocycles. The number of rotatable bonds is 4. The Morgan fingerprint density at radius 3 is 2.37 bits per heavy atom. The molecule has 0 N–H and O–H groups in total. The zero-order valence-corrected chi connectivity index (χ0v) is 12.9. The van der Waals surface area contributed by atoms with E-state index in [1.54, 1.807) is 0 Å². The van der Waals surface area contributed by atoms with E-state index in [1.807, 2.05) is 0 Å². The molecule has 0 heterocycles. The summed E-state index contributed by atoms with van der Waals surface area (Å²) in [5.74, 6) is 2.56. The van der Waals surface area contributed by atoms with E-state index in [9.17, 15) is 0 Å². The Balaban J connectivity index is 1.77. The van der Waals surface area contributed by atoms with Crippen molar-refractivity contribution in [2.75, 3.05) is 5.88 Å². The highest BCUT2D eigenvalue weighted by molar-refractivity contribution is 9.10. The summed E-state index contributed by atoms with van der Waals surface area (Å²) < 4.78 is 1.12. The summed E-state index contributed by atoms with van der Waals surface area (Å²) in [4.78, 5) is 0. The summed E-state index contributed by atoms with van der Waals surface area (Å²) in [7, 11) is 0. The third-order valence-electron chi connectivity index (χ3n) is 4.05. The summed E-state index contributed by atoms with van der Waals surface area (Å²) in [5, 5.41) is 0. The van der Waals surface area contributed by atoms with Crippen LogP contribution < -0.4 is 0 Å². The standard InChI is InChI=1S/C17H16BrCl/c18-14-8-6-13(7-9-14)17(11-19)16-10-15(16)12-4-2-1-3-5-12/h1-9,15-17H,10-11H2. The first-order valence-corrected chi connectivity index (χ1v) is 7.98. The lowest BCUT2D eigenvalue weighted by Gasteiger charge is -2.14. The molecule has 0 aliphatic heterocycles. The highest BCUT2D eigenvalue weighted by Crippen LogP contribution is 2.55. The minimum atomic E-state index is 0.472. The maximum absolute atomic E-state index is 6.22. The quantitative estimate of drug-likeness (QED) is 0.640. The van der Waals surface area contributed by atoms with Crippen LogP contribution in [0.2, 0.25) is 0 Å². The van der Waals surface area contributed by atoms with Gasteiger partial charge in [-0.2, -0.15) is 0 Å². The first-order valence-electron chi connectivity index (χ1n) is 6.66. The van der Waals surface area contributed by atoms with E-state index in [-0.39, 0.29) is 0 Å². The van der Waals surface area contributed by atoms with Gasteiger partial charge in [0.15, 0.2) is 0 Å². The second-order valence-electron chi connectivity index (χ2n) is 5.23. The van der Waals surface area contributed by atoms with Crippen LogP contribution in [0.5, 0.6) is 0 Å². The smallest absolute Gasteiger partial charge is 0.0295 e. The van der Waals surface area contributed by atoms with E-state index < -0.39 is 0 Å². The molecule has 0 nitrogen and oxygen atoms in total. The Bertz CT molecular complexity index is 535. The molecule has 98 valence electrons. The maximum Gasteiger partial charge on any atom is 0.0295 e. The van der Waals surface area contributed by atoms with Crippen LogP contribution in [0.25, 0.3) is 0 Å². The highest BCUT2D eigenvalue weighted by Gasteiger charge is 2.43. The zero-order chi connectivity index (χ0) is 13.2. The van der Waals surface area contributed by atoms with Gasteiger partial charge in [0.05, 0.1) is 0 Å². The van der Waals surface area contributed by atoms with Gasteiger partial charge in [-0.15, -0.1) is 11.6 Å². The van der Waals surface area contributed by atoms with Gasteiger partial charge < -0.3 is 0 Å². The van der Waals surface area contributed by atoms with Gasteiger partial charge >= 0.3 is 0 Å². The molecule has 0 bridgehead atoms. The molecule has 2 aromatic rings. The molecule has 2 heteroatoms. The van der Waals surface area contributed by atoms with E-state index in [2.05, 4.69) is 70.5 Å². The molecule has 3 atom stereocenters. The third-order valence-corrected chi connectivity index (χ3v) is 4.91. The predicted octanol–water partition coefficient (Wildman–Crippen LogP) is 5.58. The van der Waals surface area contributed by atoms with Gasteiger partial charge in [-0.3, -0.25) is 0 Å². The zero-order valence-electron chi connectivity index (χ0n) is 10.6. The Hall–Kier alpha value is -0.790. The van der Waals surface area contributed by atoms with Crippen LogP contribution in [-0.2, 0) is 0 Å². The van der Waals surface area contributed by atoms with Crippen molar-refractivity contribution in [1.82, 2.24) is 0 Å². The number of hydrogen-bond acceptors (Lipinski definition) is 0. The first kappa shape index (κ1) is 13.2. The second-order valence-corrected chi connectivity index (χ2v) is 6.45. The summed E-state index contributed by atoms with van der Waals surface area (Å²) >= 11 is 9.70. The van der Waals surface area contributed by atoms with Crippen molar-refractivity contribution in [3.8, 4) is 0 Å². The molecule has 1 fully saturated rings. The average molecular weight is 336 g/mol. The molecule has 1 aliphatic rings. The van der Waals surface area contributed by atoms with E-state index in [0.29, 0.717) is 23.6 Å². The first-order chi connectivity index (χ1) is 9.29. The SMILES string of the molecule is ClCC(c1ccc(Br)cc1)C1CC1c1ccccc1. The minimum Gasteiger partial charge on any atom is -0.126 e. The Morgan fingerprint density at radius 2 is 1.74 bits per heavy atom. The summed E-state index contributed by atoms with van der Waals surface area (Å²) in [5.41, 5.74) is 2.82. The molecular formula is C17H16BrCl. The van der Waals surface area contributed by atoms with Crippen LogP contribution in [0.15, 0.2) is 59.1 Å². The van der Waals surface area contributed by atoms with Crippen molar-refractivity contribution in [3.05, 3.63) is 70.2 Å². The Kier molecular flexibility index (Phi) is 3.95. The fourth-order valence-corrected chi connectivity index (χ4v) is 3.57. The minimum absolute atomic E-state index is 0.472. The van der Waals surface area contributed by atoms with E-state index in [4.69, 9.17) is 11.6 Å². The van der Waals surface area contributed by atoms with Gasteiger partial charge in [0.25, 0.3) is 0 Å². The topological polar surface area (TPSA) is 0 Å². The number of alkyl halides is 1. The van der Waals surface area contributed by atoms with E-state index in [1.165, 1.54) is 17.5 Å². The molecule has 3 rings (SSSR count). The van der Waals surface area contributed by atoms with Crippen LogP contribution in [0, 0.1) is 5.92 Å². The van der Waals surface area contributed by atoms with Crippen molar-refractivity contribution in [1.29, 1.82) is 0 Å². The normalized spacial score (nSPS) is 23.1. The molecule has 0 amide bonds. The van der Waals surface area contributed by atoms with Crippen LogP contribution in [0.3, 0.4) is 0 Å². The van der Waals surface area contributed by atoms with E-state index >= 15 is 0 Å². The van der Waals surface area contributed by atoms with Crippen molar-refractivity contribution >= 4 is 27.5 Å². The van der Waals surface area contributed by atoms with Crippen molar-refractivity contribution in [3.63, 3.8) is 0 Å². The second kappa shape index (κ2) is 5.68. The molecule has 1 aliphatic carbocycles. The highest BCUT2D eigenvalue weighted by atomic mass is 79.9. The molecule has 0 saturated heterocycles. The van der Waals surface area contributed by atoms with Crippen LogP contribution in [0.4, 0.5) is 0 Å². The van der Waals surface area contributed by atoms with Crippen LogP contribution in [0.1, 0.15) is 29.4 Å². The molecule has 3 unspecified atom stereocenters. The van der Waals surface area contributed by atoms with Crippen LogP contribution >= 0.6 is 27.5 Å². The molecular weight excluding hydrogens is 320 g/mol. The summed E-state index contributed by atoms with van der Waals surface area (Å²) in [6, 6.07) is 19.4. The lowest BCUT2D eigenvalue weighted by molar-refractivity contribution is 0.650. The van der Waals surface area contributed by atoms with Gasteiger partial charge in [0, 0.05) is 16.3 Å². The van der Waals surface area contributed by atoms with Gasteiger partial charge in [0.2, 0.25) is 0 Å². The molecule has 19 heavy (non-hydrogen) atoms. The summed E-state index contributed by atoms with van der Waals surface area (Å²) in [6.07, 6.45) is 1.26. The number of benzene rings is 2. The average Bonchev–Trinajstić information content (AvgIpc) is 3.23.